The zero-order valence-electron chi connectivity index (χ0n) is 8.82. The van der Waals surface area contributed by atoms with E-state index < -0.39 is 11.4 Å². The smallest absolute Gasteiger partial charge is 0.395 e. The van der Waals surface area contributed by atoms with Gasteiger partial charge in [-0.2, -0.15) is 0 Å². The van der Waals surface area contributed by atoms with Gasteiger partial charge in [-0.25, -0.2) is 9.59 Å². The van der Waals surface area contributed by atoms with Gasteiger partial charge in [0, 0.05) is 12.0 Å². The van der Waals surface area contributed by atoms with E-state index in [1.807, 2.05) is 0 Å². The average molecular weight is 231 g/mol. The van der Waals surface area contributed by atoms with Gasteiger partial charge in [0.1, 0.15) is 0 Å². The first-order valence-electron chi connectivity index (χ1n) is 4.98. The molecule has 2 aromatic rings. The lowest BCUT2D eigenvalue weighted by atomic mass is 10.1. The lowest BCUT2D eigenvalue weighted by molar-refractivity contribution is 0.305. The van der Waals surface area contributed by atoms with Gasteiger partial charge in [-0.05, 0) is 12.1 Å². The van der Waals surface area contributed by atoms with Crippen molar-refractivity contribution >= 4 is 10.9 Å². The molecule has 0 unspecified atom stereocenters. The number of hydrogen-bond donors (Lipinski definition) is 2. The standard InChI is InChI=1S/C12H9NO4/c14-7-2-1-4-8-5-3-6-9-10(8)11(15)17-12(16)13-9/h3,5-6,14H,2,7H2,(H,13,16). The maximum Gasteiger partial charge on any atom is 0.419 e. The van der Waals surface area contributed by atoms with Gasteiger partial charge >= 0.3 is 11.4 Å². The lowest BCUT2D eigenvalue weighted by Gasteiger charge is -1.97. The molecular weight excluding hydrogens is 222 g/mol. The van der Waals surface area contributed by atoms with Crippen LogP contribution in [-0.4, -0.2) is 16.7 Å². The Morgan fingerprint density at radius 2 is 2.18 bits per heavy atom. The van der Waals surface area contributed by atoms with Crippen LogP contribution in [0, 0.1) is 11.8 Å². The van der Waals surface area contributed by atoms with Crippen molar-refractivity contribution in [1.29, 1.82) is 0 Å². The number of fused-ring (bicyclic) bond motifs is 1. The second-order valence-electron chi connectivity index (χ2n) is 3.31. The number of aromatic nitrogens is 1. The van der Waals surface area contributed by atoms with Crippen LogP contribution in [0.3, 0.4) is 0 Å². The number of benzene rings is 1. The van der Waals surface area contributed by atoms with Gasteiger partial charge in [0.25, 0.3) is 0 Å². The molecule has 17 heavy (non-hydrogen) atoms. The summed E-state index contributed by atoms with van der Waals surface area (Å²) in [7, 11) is 0. The summed E-state index contributed by atoms with van der Waals surface area (Å²) in [6.07, 6.45) is 0.324. The monoisotopic (exact) mass is 231 g/mol. The molecule has 0 atom stereocenters. The molecule has 0 amide bonds. The van der Waals surface area contributed by atoms with Crippen LogP contribution < -0.4 is 11.4 Å². The third-order valence-corrected chi connectivity index (χ3v) is 2.15. The van der Waals surface area contributed by atoms with E-state index in [2.05, 4.69) is 21.2 Å². The Labute approximate surface area is 95.7 Å². The first-order chi connectivity index (χ1) is 8.22. The molecule has 1 aromatic carbocycles. The zero-order chi connectivity index (χ0) is 12.3. The zero-order valence-corrected chi connectivity index (χ0v) is 8.82. The van der Waals surface area contributed by atoms with Crippen molar-refractivity contribution in [2.75, 3.05) is 6.61 Å². The molecule has 0 aliphatic rings. The summed E-state index contributed by atoms with van der Waals surface area (Å²) in [5.41, 5.74) is 0.153. The number of aromatic amines is 1. The Morgan fingerprint density at radius 3 is 2.94 bits per heavy atom. The van der Waals surface area contributed by atoms with Gasteiger partial charge in [-0.1, -0.05) is 17.9 Å². The minimum atomic E-state index is -0.789. The van der Waals surface area contributed by atoms with E-state index >= 15 is 0 Å². The molecule has 0 radical (unpaired) electrons. The third-order valence-electron chi connectivity index (χ3n) is 2.15. The fourth-order valence-corrected chi connectivity index (χ4v) is 1.46. The van der Waals surface area contributed by atoms with E-state index in [1.165, 1.54) is 0 Å². The highest BCUT2D eigenvalue weighted by atomic mass is 16.4. The topological polar surface area (TPSA) is 83.3 Å². The molecular formula is C12H9NO4. The molecule has 1 heterocycles. The Morgan fingerprint density at radius 1 is 1.35 bits per heavy atom. The van der Waals surface area contributed by atoms with Crippen molar-refractivity contribution in [3.63, 3.8) is 0 Å². The lowest BCUT2D eigenvalue weighted by Crippen LogP contribution is -2.15. The van der Waals surface area contributed by atoms with E-state index in [-0.39, 0.29) is 12.0 Å². The predicted molar refractivity (Wildman–Crippen MR) is 61.7 cm³/mol. The second kappa shape index (κ2) is 4.68. The van der Waals surface area contributed by atoms with Crippen molar-refractivity contribution < 1.29 is 9.52 Å². The summed E-state index contributed by atoms with van der Waals surface area (Å²) in [6.45, 7) is -0.0385. The Bertz CT molecular complexity index is 715. The highest BCUT2D eigenvalue weighted by molar-refractivity contribution is 5.83. The van der Waals surface area contributed by atoms with Crippen molar-refractivity contribution in [3.05, 3.63) is 44.7 Å². The third kappa shape index (κ3) is 2.27. The van der Waals surface area contributed by atoms with Crippen LogP contribution in [0.1, 0.15) is 12.0 Å². The fourth-order valence-electron chi connectivity index (χ4n) is 1.46. The van der Waals surface area contributed by atoms with Crippen molar-refractivity contribution in [3.8, 4) is 11.8 Å². The minimum Gasteiger partial charge on any atom is -0.395 e. The molecule has 0 saturated heterocycles. The van der Waals surface area contributed by atoms with E-state index in [4.69, 9.17) is 5.11 Å². The minimum absolute atomic E-state index is 0.0385. The molecule has 1 aromatic heterocycles. The normalized spacial score (nSPS) is 9.94. The van der Waals surface area contributed by atoms with Gasteiger partial charge < -0.3 is 9.52 Å². The maximum atomic E-state index is 11.5. The molecule has 0 bridgehead atoms. The first-order valence-corrected chi connectivity index (χ1v) is 4.98. The van der Waals surface area contributed by atoms with Crippen LogP contribution in [-0.2, 0) is 0 Å². The van der Waals surface area contributed by atoms with Crippen LogP contribution in [0.2, 0.25) is 0 Å². The average Bonchev–Trinajstić information content (AvgIpc) is 2.28. The van der Waals surface area contributed by atoms with Crippen LogP contribution >= 0.6 is 0 Å². The van der Waals surface area contributed by atoms with Crippen molar-refractivity contribution in [2.45, 2.75) is 6.42 Å². The van der Waals surface area contributed by atoms with E-state index in [1.54, 1.807) is 18.2 Å². The van der Waals surface area contributed by atoms with Crippen LogP contribution in [0.15, 0.2) is 32.2 Å². The van der Waals surface area contributed by atoms with Crippen LogP contribution in [0.25, 0.3) is 10.9 Å². The largest absolute Gasteiger partial charge is 0.419 e. The van der Waals surface area contributed by atoms with Gasteiger partial charge in [-0.15, -0.1) is 0 Å². The summed E-state index contributed by atoms with van der Waals surface area (Å²) in [5.74, 6) is 4.68. The number of aliphatic hydroxyl groups is 1. The summed E-state index contributed by atoms with van der Waals surface area (Å²) in [4.78, 5) is 25.0. The highest BCUT2D eigenvalue weighted by Gasteiger charge is 2.05. The Balaban J connectivity index is 2.71. The van der Waals surface area contributed by atoms with Crippen LogP contribution in [0.4, 0.5) is 0 Å². The van der Waals surface area contributed by atoms with Crippen molar-refractivity contribution in [1.82, 2.24) is 4.98 Å². The van der Waals surface area contributed by atoms with Gasteiger partial charge in [0.15, 0.2) is 0 Å². The predicted octanol–water partition coefficient (Wildman–Crippen LogP) is 0.215. The SMILES string of the molecule is O=c1[nH]c2cccc(C#CCCO)c2c(=O)o1. The summed E-state index contributed by atoms with van der Waals surface area (Å²) >= 11 is 0. The van der Waals surface area contributed by atoms with Gasteiger partial charge in [0.2, 0.25) is 0 Å². The molecule has 0 spiro atoms. The number of nitrogens with one attached hydrogen (secondary N) is 1. The van der Waals surface area contributed by atoms with E-state index in [0.29, 0.717) is 17.5 Å². The summed E-state index contributed by atoms with van der Waals surface area (Å²) in [6, 6.07) is 4.94. The fraction of sp³-hybridized carbons (Fsp3) is 0.167. The molecule has 86 valence electrons. The van der Waals surface area contributed by atoms with Crippen molar-refractivity contribution in [2.24, 2.45) is 0 Å². The molecule has 2 rings (SSSR count). The van der Waals surface area contributed by atoms with E-state index in [9.17, 15) is 9.59 Å². The first kappa shape index (κ1) is 11.2. The van der Waals surface area contributed by atoms with E-state index in [0.717, 1.165) is 0 Å². The molecule has 5 nitrogen and oxygen atoms in total. The summed E-state index contributed by atoms with van der Waals surface area (Å²) in [5, 5.41) is 8.87. The number of rotatable bonds is 1. The number of H-pyrrole nitrogens is 1. The maximum absolute atomic E-state index is 11.5. The Kier molecular flexibility index (Phi) is 3.08. The Hall–Kier alpha value is -2.32. The number of hydrogen-bond acceptors (Lipinski definition) is 4. The molecule has 0 fully saturated rings. The van der Waals surface area contributed by atoms with Gasteiger partial charge in [0.05, 0.1) is 17.5 Å². The molecule has 2 N–H and O–H groups in total. The molecule has 0 saturated carbocycles. The van der Waals surface area contributed by atoms with Gasteiger partial charge in [-0.3, -0.25) is 4.98 Å². The second-order valence-corrected chi connectivity index (χ2v) is 3.31. The molecule has 5 heteroatoms. The van der Waals surface area contributed by atoms with Crippen LogP contribution in [0.5, 0.6) is 0 Å². The number of aliphatic hydroxyl groups excluding tert-OH is 1. The highest BCUT2D eigenvalue weighted by Crippen LogP contribution is 2.10. The molecule has 0 aliphatic carbocycles. The quantitative estimate of drug-likeness (QED) is 0.687. The summed E-state index contributed by atoms with van der Waals surface area (Å²) < 4.78 is 4.45. The molecule has 0 aliphatic heterocycles.